The lowest BCUT2D eigenvalue weighted by Crippen LogP contribution is -2.37. The summed E-state index contributed by atoms with van der Waals surface area (Å²) < 4.78 is 30.2. The van der Waals surface area contributed by atoms with E-state index in [1.54, 1.807) is 24.3 Å². The second-order valence-electron chi connectivity index (χ2n) is 5.18. The number of rotatable bonds is 6. The second kappa shape index (κ2) is 7.95. The number of carbonyl (C=O) groups is 1. The monoisotopic (exact) mass is 402 g/mol. The molecule has 1 amide bonds. The van der Waals surface area contributed by atoms with Crippen molar-refractivity contribution < 1.29 is 17.9 Å². The molecule has 0 aliphatic rings. The predicted molar refractivity (Wildman–Crippen MR) is 100 cm³/mol. The number of ether oxygens (including phenoxy) is 1. The molecule has 0 saturated heterocycles. The van der Waals surface area contributed by atoms with E-state index in [9.17, 15) is 13.2 Å². The molecule has 2 rings (SSSR count). The molecule has 0 fully saturated rings. The number of benzene rings is 2. The minimum absolute atomic E-state index is 0.209. The van der Waals surface area contributed by atoms with Crippen LogP contribution in [0.3, 0.4) is 0 Å². The van der Waals surface area contributed by atoms with Crippen LogP contribution in [0.25, 0.3) is 0 Å². The van der Waals surface area contributed by atoms with E-state index >= 15 is 0 Å². The van der Waals surface area contributed by atoms with Crippen molar-refractivity contribution in [3.8, 4) is 5.75 Å². The van der Waals surface area contributed by atoms with Crippen molar-refractivity contribution in [1.29, 1.82) is 0 Å². The van der Waals surface area contributed by atoms with E-state index in [0.717, 1.165) is 10.6 Å². The van der Waals surface area contributed by atoms with Gasteiger partial charge in [0.2, 0.25) is 15.9 Å². The van der Waals surface area contributed by atoms with Crippen LogP contribution < -0.4 is 14.4 Å². The van der Waals surface area contributed by atoms with Gasteiger partial charge in [0.05, 0.1) is 19.1 Å². The number of anilines is 2. The third kappa shape index (κ3) is 5.52. The van der Waals surface area contributed by atoms with Gasteiger partial charge in [0.1, 0.15) is 12.3 Å². The molecule has 0 aromatic heterocycles. The molecule has 0 spiro atoms. The molecular weight excluding hydrogens is 387 g/mol. The zero-order chi connectivity index (χ0) is 18.6. The van der Waals surface area contributed by atoms with Crippen LogP contribution >= 0.6 is 23.2 Å². The Kier molecular flexibility index (Phi) is 6.16. The van der Waals surface area contributed by atoms with Crippen LogP contribution in [-0.4, -0.2) is 34.2 Å². The molecule has 134 valence electrons. The topological polar surface area (TPSA) is 75.7 Å². The fourth-order valence-corrected chi connectivity index (χ4v) is 3.47. The Morgan fingerprint density at radius 3 is 2.36 bits per heavy atom. The van der Waals surface area contributed by atoms with E-state index in [2.05, 4.69) is 5.32 Å². The molecular formula is C16H16Cl2N2O4S. The summed E-state index contributed by atoms with van der Waals surface area (Å²) in [5.41, 5.74) is 0.697. The number of nitrogens with one attached hydrogen (secondary N) is 1. The molecule has 0 heterocycles. The van der Waals surface area contributed by atoms with Gasteiger partial charge in [0, 0.05) is 21.8 Å². The fraction of sp³-hybridized carbons (Fsp3) is 0.188. The quantitative estimate of drug-likeness (QED) is 0.802. The number of methoxy groups -OCH3 is 1. The zero-order valence-corrected chi connectivity index (χ0v) is 15.8. The highest BCUT2D eigenvalue weighted by molar-refractivity contribution is 7.92. The lowest BCUT2D eigenvalue weighted by atomic mass is 10.3. The average Bonchev–Trinajstić information content (AvgIpc) is 2.50. The summed E-state index contributed by atoms with van der Waals surface area (Å²) in [6.07, 6.45) is 1.00. The summed E-state index contributed by atoms with van der Waals surface area (Å²) in [6, 6.07) is 11.1. The van der Waals surface area contributed by atoms with E-state index in [-0.39, 0.29) is 15.7 Å². The van der Waals surface area contributed by atoms with Crippen LogP contribution in [0.1, 0.15) is 0 Å². The molecule has 6 nitrogen and oxygen atoms in total. The molecule has 0 saturated carbocycles. The SMILES string of the molecule is COc1cccc(NC(=O)CN(c2cc(Cl)cc(Cl)c2)S(C)(=O)=O)c1. The van der Waals surface area contributed by atoms with Crippen molar-refractivity contribution in [2.45, 2.75) is 0 Å². The van der Waals surface area contributed by atoms with Gasteiger partial charge in [0.25, 0.3) is 0 Å². The number of nitrogens with zero attached hydrogens (tertiary/aromatic N) is 1. The van der Waals surface area contributed by atoms with Crippen molar-refractivity contribution in [3.63, 3.8) is 0 Å². The van der Waals surface area contributed by atoms with E-state index < -0.39 is 22.5 Å². The first kappa shape index (κ1) is 19.4. The summed E-state index contributed by atoms with van der Waals surface area (Å²) >= 11 is 11.8. The molecule has 1 N–H and O–H groups in total. The lowest BCUT2D eigenvalue weighted by Gasteiger charge is -2.22. The number of hydrogen-bond donors (Lipinski definition) is 1. The van der Waals surface area contributed by atoms with Crippen molar-refractivity contribution in [2.75, 3.05) is 29.5 Å². The summed E-state index contributed by atoms with van der Waals surface area (Å²) in [5.74, 6) is 0.0502. The van der Waals surface area contributed by atoms with Gasteiger partial charge in [-0.05, 0) is 30.3 Å². The second-order valence-corrected chi connectivity index (χ2v) is 7.96. The van der Waals surface area contributed by atoms with Crippen molar-refractivity contribution in [1.82, 2.24) is 0 Å². The maximum Gasteiger partial charge on any atom is 0.245 e. The number of sulfonamides is 1. The highest BCUT2D eigenvalue weighted by atomic mass is 35.5. The van der Waals surface area contributed by atoms with Gasteiger partial charge in [-0.15, -0.1) is 0 Å². The van der Waals surface area contributed by atoms with Crippen LogP contribution in [-0.2, 0) is 14.8 Å². The first-order valence-corrected chi connectivity index (χ1v) is 9.67. The molecule has 2 aromatic rings. The largest absolute Gasteiger partial charge is 0.497 e. The Labute approximate surface area is 156 Å². The third-order valence-electron chi connectivity index (χ3n) is 3.18. The number of hydrogen-bond acceptors (Lipinski definition) is 4. The summed E-state index contributed by atoms with van der Waals surface area (Å²) in [6.45, 7) is -0.424. The van der Waals surface area contributed by atoms with Crippen molar-refractivity contribution in [2.24, 2.45) is 0 Å². The van der Waals surface area contributed by atoms with Gasteiger partial charge in [0.15, 0.2) is 0 Å². The maximum absolute atomic E-state index is 12.3. The zero-order valence-electron chi connectivity index (χ0n) is 13.5. The maximum atomic E-state index is 12.3. The number of amides is 1. The minimum Gasteiger partial charge on any atom is -0.497 e. The Balaban J connectivity index is 2.23. The molecule has 0 aliphatic heterocycles. The lowest BCUT2D eigenvalue weighted by molar-refractivity contribution is -0.114. The number of halogens is 2. The minimum atomic E-state index is -3.72. The molecule has 0 bridgehead atoms. The van der Waals surface area contributed by atoms with Gasteiger partial charge < -0.3 is 10.1 Å². The highest BCUT2D eigenvalue weighted by Gasteiger charge is 2.21. The predicted octanol–water partition coefficient (Wildman–Crippen LogP) is 3.41. The molecule has 0 atom stereocenters. The normalized spacial score (nSPS) is 11.0. The van der Waals surface area contributed by atoms with Crippen molar-refractivity contribution >= 4 is 50.5 Å². The number of carbonyl (C=O) groups excluding carboxylic acids is 1. The van der Waals surface area contributed by atoms with Gasteiger partial charge in [-0.2, -0.15) is 0 Å². The fourth-order valence-electron chi connectivity index (χ4n) is 2.12. The van der Waals surface area contributed by atoms with E-state index in [4.69, 9.17) is 27.9 Å². The average molecular weight is 403 g/mol. The van der Waals surface area contributed by atoms with Gasteiger partial charge in [-0.1, -0.05) is 29.3 Å². The van der Waals surface area contributed by atoms with Crippen LogP contribution in [0.5, 0.6) is 5.75 Å². The van der Waals surface area contributed by atoms with Crippen LogP contribution in [0.4, 0.5) is 11.4 Å². The third-order valence-corrected chi connectivity index (χ3v) is 4.75. The van der Waals surface area contributed by atoms with Gasteiger partial charge in [-0.3, -0.25) is 9.10 Å². The molecule has 0 aliphatic carbocycles. The molecule has 25 heavy (non-hydrogen) atoms. The van der Waals surface area contributed by atoms with E-state index in [1.807, 2.05) is 0 Å². The summed E-state index contributed by atoms with van der Waals surface area (Å²) in [4.78, 5) is 12.3. The Morgan fingerprint density at radius 1 is 1.16 bits per heavy atom. The van der Waals surface area contributed by atoms with E-state index in [0.29, 0.717) is 11.4 Å². The van der Waals surface area contributed by atoms with Gasteiger partial charge >= 0.3 is 0 Å². The highest BCUT2D eigenvalue weighted by Crippen LogP contribution is 2.27. The first-order valence-electron chi connectivity index (χ1n) is 7.07. The molecule has 9 heteroatoms. The van der Waals surface area contributed by atoms with Gasteiger partial charge in [-0.25, -0.2) is 8.42 Å². The standard InChI is InChI=1S/C16H16Cl2N2O4S/c1-24-15-5-3-4-13(9-15)19-16(21)10-20(25(2,22)23)14-7-11(17)6-12(18)8-14/h3-9H,10H2,1-2H3,(H,19,21). The Morgan fingerprint density at radius 2 is 1.80 bits per heavy atom. The molecule has 2 aromatic carbocycles. The molecule has 0 unspecified atom stereocenters. The van der Waals surface area contributed by atoms with Crippen LogP contribution in [0.2, 0.25) is 10.0 Å². The smallest absolute Gasteiger partial charge is 0.245 e. The Bertz CT molecular complexity index is 867. The summed E-state index contributed by atoms with van der Waals surface area (Å²) in [5, 5.41) is 3.16. The first-order chi connectivity index (χ1) is 11.7. The summed E-state index contributed by atoms with van der Waals surface area (Å²) in [7, 11) is -2.21. The Hall–Kier alpha value is -1.96. The van der Waals surface area contributed by atoms with Crippen LogP contribution in [0.15, 0.2) is 42.5 Å². The van der Waals surface area contributed by atoms with Crippen LogP contribution in [0, 0.1) is 0 Å². The van der Waals surface area contributed by atoms with Crippen molar-refractivity contribution in [3.05, 3.63) is 52.5 Å². The molecule has 0 radical (unpaired) electrons. The van der Waals surface area contributed by atoms with E-state index in [1.165, 1.54) is 25.3 Å².